The molecule has 1 saturated carbocycles. The Morgan fingerprint density at radius 2 is 2.16 bits per heavy atom. The average Bonchev–Trinajstić information content (AvgIpc) is 3.09. The van der Waals surface area contributed by atoms with Crippen LogP contribution in [0.15, 0.2) is 0 Å². The van der Waals surface area contributed by atoms with E-state index in [2.05, 4.69) is 10.2 Å². The number of carbonyl (C=O) groups is 1. The van der Waals surface area contributed by atoms with Crippen LogP contribution in [-0.4, -0.2) is 72.0 Å². The van der Waals surface area contributed by atoms with Crippen molar-refractivity contribution in [1.29, 1.82) is 0 Å². The zero-order valence-corrected chi connectivity index (χ0v) is 15.5. The molecule has 138 valence electrons. The molecule has 1 amide bonds. The van der Waals surface area contributed by atoms with Crippen LogP contribution in [0.1, 0.15) is 48.6 Å². The highest BCUT2D eigenvalue weighted by atomic mass is 32.2. The second-order valence-electron chi connectivity index (χ2n) is 7.73. The van der Waals surface area contributed by atoms with Gasteiger partial charge in [-0.3, -0.25) is 14.8 Å². The predicted molar refractivity (Wildman–Crippen MR) is 94.0 cm³/mol. The van der Waals surface area contributed by atoms with E-state index in [1.807, 2.05) is 16.8 Å². The van der Waals surface area contributed by atoms with Crippen LogP contribution in [0, 0.1) is 0 Å². The van der Waals surface area contributed by atoms with E-state index >= 15 is 0 Å². The van der Waals surface area contributed by atoms with Gasteiger partial charge in [0.05, 0.1) is 23.7 Å². The van der Waals surface area contributed by atoms with Crippen molar-refractivity contribution in [1.82, 2.24) is 20.0 Å². The first kappa shape index (κ1) is 17.0. The van der Waals surface area contributed by atoms with Crippen molar-refractivity contribution in [3.63, 3.8) is 0 Å². The Morgan fingerprint density at radius 3 is 2.80 bits per heavy atom. The number of hydrogen-bond donors (Lipinski definition) is 1. The molecule has 0 aromatic carbocycles. The summed E-state index contributed by atoms with van der Waals surface area (Å²) in [6.45, 7) is 1.62. The molecule has 1 unspecified atom stereocenters. The average molecular weight is 366 g/mol. The third kappa shape index (κ3) is 3.33. The summed E-state index contributed by atoms with van der Waals surface area (Å²) in [4.78, 5) is 16.5. The van der Waals surface area contributed by atoms with Crippen molar-refractivity contribution in [2.45, 2.75) is 50.6 Å². The summed E-state index contributed by atoms with van der Waals surface area (Å²) in [5.41, 5.74) is 3.56. The third-order valence-electron chi connectivity index (χ3n) is 6.03. The van der Waals surface area contributed by atoms with Gasteiger partial charge < -0.3 is 4.90 Å². The van der Waals surface area contributed by atoms with Crippen molar-refractivity contribution in [3.8, 4) is 0 Å². The minimum atomic E-state index is -2.92. The summed E-state index contributed by atoms with van der Waals surface area (Å²) in [7, 11) is -1.07. The fourth-order valence-electron chi connectivity index (χ4n) is 4.11. The third-order valence-corrected chi connectivity index (χ3v) is 7.78. The quantitative estimate of drug-likeness (QED) is 0.847. The number of aromatic amines is 1. The highest BCUT2D eigenvalue weighted by Crippen LogP contribution is 2.38. The number of nitrogens with one attached hydrogen (secondary N) is 1. The maximum absolute atomic E-state index is 12.7. The number of aromatic nitrogens is 2. The SMILES string of the molecule is CN(CC(=O)N1CCc2[nH]nc(C3CCC3)c2C1)C1CCS(=O)(=O)C1. The molecule has 25 heavy (non-hydrogen) atoms. The minimum absolute atomic E-state index is 0.0336. The lowest BCUT2D eigenvalue weighted by Crippen LogP contribution is -2.45. The van der Waals surface area contributed by atoms with Gasteiger partial charge in [0.2, 0.25) is 5.91 Å². The Hall–Kier alpha value is -1.41. The van der Waals surface area contributed by atoms with Gasteiger partial charge in [0.25, 0.3) is 0 Å². The maximum Gasteiger partial charge on any atom is 0.237 e. The molecule has 7 nitrogen and oxygen atoms in total. The Bertz CT molecular complexity index is 769. The van der Waals surface area contributed by atoms with Crippen molar-refractivity contribution in [2.75, 3.05) is 31.6 Å². The largest absolute Gasteiger partial charge is 0.337 e. The summed E-state index contributed by atoms with van der Waals surface area (Å²) in [5, 5.41) is 7.68. The molecule has 1 aliphatic carbocycles. The van der Waals surface area contributed by atoms with E-state index in [1.54, 1.807) is 0 Å². The summed E-state index contributed by atoms with van der Waals surface area (Å²) in [5.74, 6) is 1.05. The number of likely N-dealkylation sites (N-methyl/N-ethyl adjacent to an activating group) is 1. The molecular formula is C17H26N4O3S. The molecule has 0 radical (unpaired) electrons. The van der Waals surface area contributed by atoms with E-state index in [0.717, 1.165) is 12.1 Å². The normalized spacial score (nSPS) is 25.8. The van der Waals surface area contributed by atoms with Gasteiger partial charge in [-0.25, -0.2) is 8.42 Å². The second-order valence-corrected chi connectivity index (χ2v) is 9.96. The minimum Gasteiger partial charge on any atom is -0.337 e. The zero-order chi connectivity index (χ0) is 17.6. The lowest BCUT2D eigenvalue weighted by Gasteiger charge is -2.32. The number of rotatable bonds is 4. The Labute approximate surface area is 148 Å². The molecule has 1 N–H and O–H groups in total. The number of hydrogen-bond acceptors (Lipinski definition) is 5. The molecule has 4 rings (SSSR count). The molecule has 8 heteroatoms. The zero-order valence-electron chi connectivity index (χ0n) is 14.7. The van der Waals surface area contributed by atoms with Gasteiger partial charge in [-0.15, -0.1) is 0 Å². The first-order valence-electron chi connectivity index (χ1n) is 9.17. The van der Waals surface area contributed by atoms with Crippen molar-refractivity contribution >= 4 is 15.7 Å². The van der Waals surface area contributed by atoms with Crippen LogP contribution in [0.5, 0.6) is 0 Å². The molecule has 0 bridgehead atoms. The van der Waals surface area contributed by atoms with Gasteiger partial charge in [0.1, 0.15) is 0 Å². The molecule has 1 aromatic rings. The Morgan fingerprint density at radius 1 is 1.36 bits per heavy atom. The highest BCUT2D eigenvalue weighted by Gasteiger charge is 2.34. The first-order chi connectivity index (χ1) is 11.9. The molecule has 2 aliphatic heterocycles. The first-order valence-corrected chi connectivity index (χ1v) is 11.0. The molecule has 2 fully saturated rings. The summed E-state index contributed by atoms with van der Waals surface area (Å²) in [6.07, 6.45) is 5.12. The molecule has 3 heterocycles. The van der Waals surface area contributed by atoms with Crippen LogP contribution in [0.2, 0.25) is 0 Å². The summed E-state index contributed by atoms with van der Waals surface area (Å²) < 4.78 is 23.3. The predicted octanol–water partition coefficient (Wildman–Crippen LogP) is 0.681. The van der Waals surface area contributed by atoms with Crippen molar-refractivity contribution in [2.24, 2.45) is 0 Å². The van der Waals surface area contributed by atoms with E-state index < -0.39 is 9.84 Å². The van der Waals surface area contributed by atoms with E-state index in [4.69, 9.17) is 0 Å². The molecule has 1 saturated heterocycles. The van der Waals surface area contributed by atoms with Crippen molar-refractivity contribution in [3.05, 3.63) is 17.0 Å². The number of amides is 1. The van der Waals surface area contributed by atoms with Crippen LogP contribution in [0.25, 0.3) is 0 Å². The smallest absolute Gasteiger partial charge is 0.237 e. The second kappa shape index (κ2) is 6.39. The van der Waals surface area contributed by atoms with Gasteiger partial charge in [0, 0.05) is 42.7 Å². The molecule has 1 aromatic heterocycles. The van der Waals surface area contributed by atoms with Crippen LogP contribution >= 0.6 is 0 Å². The van der Waals surface area contributed by atoms with Gasteiger partial charge >= 0.3 is 0 Å². The van der Waals surface area contributed by atoms with E-state index in [0.29, 0.717) is 25.4 Å². The van der Waals surface area contributed by atoms with Crippen molar-refractivity contribution < 1.29 is 13.2 Å². The maximum atomic E-state index is 12.7. The Kier molecular flexibility index (Phi) is 4.35. The molecule has 0 spiro atoms. The lowest BCUT2D eigenvalue weighted by molar-refractivity contribution is -0.133. The van der Waals surface area contributed by atoms with Crippen LogP contribution in [0.3, 0.4) is 0 Å². The Balaban J connectivity index is 1.39. The van der Waals surface area contributed by atoms with Gasteiger partial charge in [0.15, 0.2) is 9.84 Å². The van der Waals surface area contributed by atoms with Crippen LogP contribution in [-0.2, 0) is 27.6 Å². The number of carbonyl (C=O) groups excluding carboxylic acids is 1. The fraction of sp³-hybridized carbons (Fsp3) is 0.765. The van der Waals surface area contributed by atoms with Gasteiger partial charge in [-0.05, 0) is 26.3 Å². The van der Waals surface area contributed by atoms with Gasteiger partial charge in [-0.2, -0.15) is 5.10 Å². The topological polar surface area (TPSA) is 86.4 Å². The van der Waals surface area contributed by atoms with Gasteiger partial charge in [-0.1, -0.05) is 6.42 Å². The number of H-pyrrole nitrogens is 1. The fourth-order valence-corrected chi connectivity index (χ4v) is 5.92. The van der Waals surface area contributed by atoms with E-state index in [9.17, 15) is 13.2 Å². The standard InChI is InChI=1S/C17H26N4O3S/c1-20(13-6-8-25(23,24)11-13)10-16(22)21-7-5-15-14(9-21)17(19-18-15)12-3-2-4-12/h12-13H,2-11H2,1H3,(H,18,19). The number of nitrogens with zero attached hydrogens (tertiary/aromatic N) is 3. The van der Waals surface area contributed by atoms with Crippen LogP contribution < -0.4 is 0 Å². The van der Waals surface area contributed by atoms with Crippen LogP contribution in [0.4, 0.5) is 0 Å². The molecule has 3 aliphatic rings. The number of sulfone groups is 1. The highest BCUT2D eigenvalue weighted by molar-refractivity contribution is 7.91. The number of fused-ring (bicyclic) bond motifs is 1. The van der Waals surface area contributed by atoms with E-state index in [-0.39, 0.29) is 30.0 Å². The van der Waals surface area contributed by atoms with E-state index in [1.165, 1.54) is 30.5 Å². The monoisotopic (exact) mass is 366 g/mol. The molecule has 1 atom stereocenters. The summed E-state index contributed by atoms with van der Waals surface area (Å²) >= 11 is 0. The lowest BCUT2D eigenvalue weighted by atomic mass is 9.81. The summed E-state index contributed by atoms with van der Waals surface area (Å²) in [6, 6.07) is -0.0336. The molecular weight excluding hydrogens is 340 g/mol.